The molecule has 170 valence electrons. The number of hydrogen-bond acceptors (Lipinski definition) is 14. The first-order valence-electron chi connectivity index (χ1n) is 8.19. The summed E-state index contributed by atoms with van der Waals surface area (Å²) in [6, 6.07) is -5.18. The van der Waals surface area contributed by atoms with Crippen molar-refractivity contribution in [2.75, 3.05) is 11.5 Å². The molecular weight excluding hydrogens is 444 g/mol. The summed E-state index contributed by atoms with van der Waals surface area (Å²) in [6.07, 6.45) is -0.980. The normalized spacial score (nSPS) is 14.7. The Morgan fingerprint density at radius 1 is 0.567 bits per heavy atom. The van der Waals surface area contributed by atoms with Gasteiger partial charge in [-0.2, -0.15) is 0 Å². The van der Waals surface area contributed by atoms with Crippen LogP contribution in [0.3, 0.4) is 0 Å². The fourth-order valence-electron chi connectivity index (χ4n) is 1.48. The highest BCUT2D eigenvalue weighted by Gasteiger charge is 2.26. The smallest absolute Gasteiger partial charge is 0.331 e. The maximum atomic E-state index is 11.7. The van der Waals surface area contributed by atoms with Gasteiger partial charge < -0.3 is 43.9 Å². The van der Waals surface area contributed by atoms with Gasteiger partial charge in [0.25, 0.3) is 0 Å². The van der Waals surface area contributed by atoms with Gasteiger partial charge in [0.15, 0.2) is 0 Å². The van der Waals surface area contributed by atoms with Crippen LogP contribution in [0.5, 0.6) is 0 Å². The van der Waals surface area contributed by atoms with Gasteiger partial charge in [-0.3, -0.25) is 9.59 Å². The third kappa shape index (κ3) is 11.7. The number of primary amides is 2. The summed E-state index contributed by atoms with van der Waals surface area (Å²) in [5.74, 6) is -6.13. The predicted molar refractivity (Wildman–Crippen MR) is 107 cm³/mol. The van der Waals surface area contributed by atoms with Crippen LogP contribution in [0.2, 0.25) is 0 Å². The monoisotopic (exact) mass is 468 g/mol. The minimum Gasteiger partial charge on any atom is -0.391 e. The predicted octanol–water partition coefficient (Wildman–Crippen LogP) is -4.43. The number of carbonyl (C=O) groups excluding carboxylic acids is 6. The first-order valence-corrected chi connectivity index (χ1v) is 10.7. The lowest BCUT2D eigenvalue weighted by Crippen LogP contribution is -2.42. The van der Waals surface area contributed by atoms with Crippen LogP contribution in [0, 0.1) is 0 Å². The molecule has 0 aliphatic heterocycles. The van der Waals surface area contributed by atoms with Gasteiger partial charge in [0, 0.05) is 11.5 Å². The molecule has 0 aliphatic carbocycles. The lowest BCUT2D eigenvalue weighted by molar-refractivity contribution is -0.163. The van der Waals surface area contributed by atoms with Crippen LogP contribution in [0.4, 0.5) is 0 Å². The molecule has 2 amide bonds. The van der Waals surface area contributed by atoms with Gasteiger partial charge in [-0.05, 0) is 0 Å². The second-order valence-corrected chi connectivity index (χ2v) is 8.37. The van der Waals surface area contributed by atoms with Gasteiger partial charge in [0.1, 0.15) is 24.2 Å². The summed E-state index contributed by atoms with van der Waals surface area (Å²) >= 11 is 0. The van der Waals surface area contributed by atoms with Gasteiger partial charge in [0.05, 0.1) is 12.8 Å². The van der Waals surface area contributed by atoms with Crippen molar-refractivity contribution in [1.82, 2.24) is 0 Å². The van der Waals surface area contributed by atoms with Gasteiger partial charge in [-0.1, -0.05) is 21.6 Å². The molecule has 0 unspecified atom stereocenters. The minimum atomic E-state index is -1.39. The standard InChI is InChI=1S/C14H24N6O8S2/c15-5(1-9(19)21)11(23)27-13(25)7(17)3-29-30-4-8(18)14(26)28-12(24)6(16)2-10(20)22/h5-8H,1-4,15-18H2,(H2,19,21)(H2,20,22)/t5-,6-,7-,8-/m0/s1. The molecule has 4 atom stereocenters. The molecule has 12 N–H and O–H groups in total. The number of hydrogen-bond donors (Lipinski definition) is 6. The Kier molecular flexibility index (Phi) is 12.8. The zero-order valence-electron chi connectivity index (χ0n) is 15.7. The molecule has 0 aromatic rings. The summed E-state index contributed by atoms with van der Waals surface area (Å²) in [5.41, 5.74) is 31.6. The van der Waals surface area contributed by atoms with E-state index in [1.54, 1.807) is 0 Å². The van der Waals surface area contributed by atoms with Crippen molar-refractivity contribution in [1.29, 1.82) is 0 Å². The Bertz CT molecular complexity index is 623. The first-order chi connectivity index (χ1) is 13.8. The maximum absolute atomic E-state index is 11.7. The first kappa shape index (κ1) is 27.8. The summed E-state index contributed by atoms with van der Waals surface area (Å²) < 4.78 is 8.89. The number of amides is 2. The number of carbonyl (C=O) groups is 6. The lowest BCUT2D eigenvalue weighted by Gasteiger charge is -2.14. The van der Waals surface area contributed by atoms with Crippen LogP contribution >= 0.6 is 21.6 Å². The number of nitrogens with two attached hydrogens (primary N) is 6. The van der Waals surface area contributed by atoms with Crippen molar-refractivity contribution < 1.29 is 38.2 Å². The zero-order valence-corrected chi connectivity index (χ0v) is 17.3. The molecule has 0 fully saturated rings. The third-order valence-corrected chi connectivity index (χ3v) is 5.51. The summed E-state index contributed by atoms with van der Waals surface area (Å²) in [5, 5.41) is 0. The van der Waals surface area contributed by atoms with Crippen molar-refractivity contribution >= 4 is 57.3 Å². The molecule has 0 saturated heterocycles. The molecule has 14 nitrogen and oxygen atoms in total. The largest absolute Gasteiger partial charge is 0.391 e. The van der Waals surface area contributed by atoms with E-state index < -0.39 is 72.7 Å². The van der Waals surface area contributed by atoms with Crippen molar-refractivity contribution in [3.63, 3.8) is 0 Å². The molecule has 0 spiro atoms. The fraction of sp³-hybridized carbons (Fsp3) is 0.571. The average molecular weight is 469 g/mol. The number of ether oxygens (including phenoxy) is 2. The van der Waals surface area contributed by atoms with Crippen LogP contribution in [0.15, 0.2) is 0 Å². The van der Waals surface area contributed by atoms with E-state index in [0.29, 0.717) is 0 Å². The number of rotatable bonds is 13. The molecule has 0 saturated carbocycles. The maximum Gasteiger partial charge on any atom is 0.331 e. The Balaban J connectivity index is 4.22. The van der Waals surface area contributed by atoms with Crippen LogP contribution < -0.4 is 34.4 Å². The Morgan fingerprint density at radius 2 is 0.833 bits per heavy atom. The summed E-state index contributed by atoms with van der Waals surface area (Å²) in [7, 11) is 2.06. The van der Waals surface area contributed by atoms with Crippen LogP contribution in [0.1, 0.15) is 12.8 Å². The summed E-state index contributed by atoms with van der Waals surface area (Å²) in [4.78, 5) is 67.8. The second kappa shape index (κ2) is 13.9. The van der Waals surface area contributed by atoms with Crippen LogP contribution in [0.25, 0.3) is 0 Å². The highest BCUT2D eigenvalue weighted by molar-refractivity contribution is 8.76. The van der Waals surface area contributed by atoms with E-state index in [4.69, 9.17) is 34.4 Å². The van der Waals surface area contributed by atoms with E-state index in [2.05, 4.69) is 9.47 Å². The quantitative estimate of drug-likeness (QED) is 0.0643. The highest BCUT2D eigenvalue weighted by atomic mass is 33.1. The van der Waals surface area contributed by atoms with Crippen molar-refractivity contribution in [2.45, 2.75) is 37.0 Å². The van der Waals surface area contributed by atoms with E-state index >= 15 is 0 Å². The third-order valence-electron chi connectivity index (χ3n) is 3.03. The SMILES string of the molecule is NC(=O)C[C@H](N)C(=O)OC(=O)[C@@H](N)CSSC[C@H](N)C(=O)OC(=O)[C@@H](N)CC(N)=O. The molecule has 0 aliphatic rings. The Hall–Kier alpha value is -2.24. The van der Waals surface area contributed by atoms with E-state index in [9.17, 15) is 28.8 Å². The van der Waals surface area contributed by atoms with Gasteiger partial charge in [-0.15, -0.1) is 0 Å². The van der Waals surface area contributed by atoms with Crippen LogP contribution in [-0.2, 0) is 38.2 Å². The van der Waals surface area contributed by atoms with E-state index in [-0.39, 0.29) is 11.5 Å². The van der Waals surface area contributed by atoms with E-state index in [1.807, 2.05) is 0 Å². The van der Waals surface area contributed by atoms with E-state index in [1.165, 1.54) is 0 Å². The molecule has 0 heterocycles. The molecule has 16 heteroatoms. The van der Waals surface area contributed by atoms with Gasteiger partial charge in [0.2, 0.25) is 11.8 Å². The fourth-order valence-corrected chi connectivity index (χ4v) is 3.69. The molecular formula is C14H24N6O8S2. The zero-order chi connectivity index (χ0) is 23.4. The van der Waals surface area contributed by atoms with E-state index in [0.717, 1.165) is 21.6 Å². The Labute approximate surface area is 178 Å². The number of esters is 4. The van der Waals surface area contributed by atoms with Crippen molar-refractivity contribution in [3.8, 4) is 0 Å². The Morgan fingerprint density at radius 3 is 1.10 bits per heavy atom. The van der Waals surface area contributed by atoms with Crippen molar-refractivity contribution in [3.05, 3.63) is 0 Å². The summed E-state index contributed by atoms with van der Waals surface area (Å²) in [6.45, 7) is 0. The molecule has 0 aromatic carbocycles. The van der Waals surface area contributed by atoms with Gasteiger partial charge in [-0.25, -0.2) is 19.2 Å². The second-order valence-electron chi connectivity index (χ2n) is 5.82. The van der Waals surface area contributed by atoms with Crippen molar-refractivity contribution in [2.24, 2.45) is 34.4 Å². The topological polar surface area (TPSA) is 277 Å². The molecule has 0 bridgehead atoms. The van der Waals surface area contributed by atoms with Crippen LogP contribution in [-0.4, -0.2) is 71.4 Å². The minimum absolute atomic E-state index is 0.0218. The molecule has 30 heavy (non-hydrogen) atoms. The molecule has 0 rings (SSSR count). The highest BCUT2D eigenvalue weighted by Crippen LogP contribution is 2.22. The molecule has 0 aromatic heterocycles. The lowest BCUT2D eigenvalue weighted by atomic mass is 10.2. The molecule has 0 radical (unpaired) electrons. The average Bonchev–Trinajstić information content (AvgIpc) is 2.63. The van der Waals surface area contributed by atoms with Gasteiger partial charge >= 0.3 is 23.9 Å².